The number of anilines is 1. The second-order valence-corrected chi connectivity index (χ2v) is 5.63. The lowest BCUT2D eigenvalue weighted by molar-refractivity contribution is -0.113. The molecular formula is C15H12F2N4O3S. The molecule has 130 valence electrons. The number of hydrogen-bond acceptors (Lipinski definition) is 6. The largest absolute Gasteiger partial charge is 0.461 e. The number of hydrogen-bond donors (Lipinski definition) is 2. The number of aromatic amines is 1. The van der Waals surface area contributed by atoms with E-state index in [1.807, 2.05) is 0 Å². The zero-order valence-electron chi connectivity index (χ0n) is 12.6. The molecule has 0 fully saturated rings. The molecule has 0 aliphatic carbocycles. The van der Waals surface area contributed by atoms with E-state index in [2.05, 4.69) is 25.2 Å². The Labute approximate surface area is 144 Å². The molecule has 0 saturated carbocycles. The molecule has 1 amide bonds. The molecule has 0 atom stereocenters. The van der Waals surface area contributed by atoms with Gasteiger partial charge in [0.15, 0.2) is 11.6 Å². The molecule has 3 rings (SSSR count). The molecule has 3 aromatic rings. The lowest BCUT2D eigenvalue weighted by atomic mass is 10.3. The first-order valence-electron chi connectivity index (χ1n) is 7.04. The van der Waals surface area contributed by atoms with Crippen LogP contribution < -0.4 is 10.1 Å². The zero-order chi connectivity index (χ0) is 17.6. The number of carbonyl (C=O) groups is 1. The fraction of sp³-hybridized carbons (Fsp3) is 0.133. The summed E-state index contributed by atoms with van der Waals surface area (Å²) in [6.45, 7) is -2.88. The van der Waals surface area contributed by atoms with Gasteiger partial charge in [-0.2, -0.15) is 13.8 Å². The highest BCUT2D eigenvalue weighted by atomic mass is 32.2. The van der Waals surface area contributed by atoms with E-state index in [1.165, 1.54) is 30.5 Å². The molecule has 0 aliphatic rings. The van der Waals surface area contributed by atoms with Crippen molar-refractivity contribution in [2.45, 2.75) is 11.8 Å². The van der Waals surface area contributed by atoms with Gasteiger partial charge in [0.05, 0.1) is 12.0 Å². The molecule has 0 bridgehead atoms. The van der Waals surface area contributed by atoms with E-state index in [9.17, 15) is 13.6 Å². The zero-order valence-corrected chi connectivity index (χ0v) is 13.4. The second-order valence-electron chi connectivity index (χ2n) is 4.68. The fourth-order valence-electron chi connectivity index (χ4n) is 1.88. The maximum absolute atomic E-state index is 12.1. The van der Waals surface area contributed by atoms with Gasteiger partial charge < -0.3 is 14.5 Å². The van der Waals surface area contributed by atoms with E-state index in [0.717, 1.165) is 11.8 Å². The molecule has 0 saturated heterocycles. The molecule has 25 heavy (non-hydrogen) atoms. The van der Waals surface area contributed by atoms with Gasteiger partial charge in [-0.15, -0.1) is 5.10 Å². The highest BCUT2D eigenvalue weighted by molar-refractivity contribution is 7.99. The van der Waals surface area contributed by atoms with Crippen LogP contribution in [-0.2, 0) is 4.79 Å². The van der Waals surface area contributed by atoms with Crippen molar-refractivity contribution >= 4 is 23.4 Å². The molecule has 10 heteroatoms. The Kier molecular flexibility index (Phi) is 5.29. The molecule has 0 unspecified atom stereocenters. The van der Waals surface area contributed by atoms with Crippen molar-refractivity contribution in [1.82, 2.24) is 15.2 Å². The number of nitrogens with zero attached hydrogens (tertiary/aromatic N) is 2. The van der Waals surface area contributed by atoms with Crippen molar-refractivity contribution in [3.63, 3.8) is 0 Å². The van der Waals surface area contributed by atoms with Gasteiger partial charge in [0.25, 0.3) is 0 Å². The van der Waals surface area contributed by atoms with E-state index in [1.54, 1.807) is 12.1 Å². The van der Waals surface area contributed by atoms with E-state index in [0.29, 0.717) is 22.4 Å². The Morgan fingerprint density at radius 3 is 2.80 bits per heavy atom. The Morgan fingerprint density at radius 2 is 2.12 bits per heavy atom. The summed E-state index contributed by atoms with van der Waals surface area (Å²) in [5.74, 6) is 0.855. The van der Waals surface area contributed by atoms with Crippen LogP contribution in [0.1, 0.15) is 0 Å². The lowest BCUT2D eigenvalue weighted by Gasteiger charge is -2.07. The van der Waals surface area contributed by atoms with Crippen LogP contribution in [0.4, 0.5) is 14.5 Å². The molecule has 2 heterocycles. The summed E-state index contributed by atoms with van der Waals surface area (Å²) >= 11 is 1.15. The molecule has 1 aromatic carbocycles. The number of rotatable bonds is 7. The summed E-state index contributed by atoms with van der Waals surface area (Å²) in [6.07, 6.45) is 1.52. The monoisotopic (exact) mass is 366 g/mol. The second kappa shape index (κ2) is 7.79. The maximum Gasteiger partial charge on any atom is 0.387 e. The van der Waals surface area contributed by atoms with Crippen molar-refractivity contribution in [3.05, 3.63) is 42.7 Å². The summed E-state index contributed by atoms with van der Waals surface area (Å²) in [7, 11) is 0. The van der Waals surface area contributed by atoms with Crippen molar-refractivity contribution in [1.29, 1.82) is 0 Å². The summed E-state index contributed by atoms with van der Waals surface area (Å²) < 4.78 is 33.6. The number of carbonyl (C=O) groups excluding carboxylic acids is 1. The number of benzene rings is 1. The Balaban J connectivity index is 1.49. The van der Waals surface area contributed by atoms with Gasteiger partial charge in [-0.1, -0.05) is 11.8 Å². The summed E-state index contributed by atoms with van der Waals surface area (Å²) in [4.78, 5) is 16.1. The molecular weight excluding hydrogens is 354 g/mol. The minimum atomic E-state index is -2.88. The maximum atomic E-state index is 12.1. The third kappa shape index (κ3) is 4.80. The average Bonchev–Trinajstić information content (AvgIpc) is 3.25. The van der Waals surface area contributed by atoms with E-state index >= 15 is 0 Å². The van der Waals surface area contributed by atoms with Crippen LogP contribution in [0.5, 0.6) is 5.75 Å². The van der Waals surface area contributed by atoms with Crippen LogP contribution in [0.25, 0.3) is 11.6 Å². The quantitative estimate of drug-likeness (QED) is 0.623. The first kappa shape index (κ1) is 17.0. The van der Waals surface area contributed by atoms with Gasteiger partial charge in [0.1, 0.15) is 5.75 Å². The number of thioether (sulfide) groups is 1. The van der Waals surface area contributed by atoms with Crippen LogP contribution in [-0.4, -0.2) is 33.5 Å². The van der Waals surface area contributed by atoms with Crippen LogP contribution >= 0.6 is 11.8 Å². The van der Waals surface area contributed by atoms with E-state index < -0.39 is 6.61 Å². The molecule has 0 aliphatic heterocycles. The van der Waals surface area contributed by atoms with Crippen molar-refractivity contribution in [2.75, 3.05) is 11.1 Å². The van der Waals surface area contributed by atoms with E-state index in [4.69, 9.17) is 4.42 Å². The summed E-state index contributed by atoms with van der Waals surface area (Å²) in [6, 6.07) is 9.11. The van der Waals surface area contributed by atoms with Gasteiger partial charge in [-0.25, -0.2) is 0 Å². The van der Waals surface area contributed by atoms with Gasteiger partial charge >= 0.3 is 6.61 Å². The summed E-state index contributed by atoms with van der Waals surface area (Å²) in [5.41, 5.74) is 0.471. The molecule has 2 N–H and O–H groups in total. The molecule has 7 nitrogen and oxygen atoms in total. The molecule has 0 spiro atoms. The van der Waals surface area contributed by atoms with Gasteiger partial charge in [0.2, 0.25) is 11.1 Å². The Hall–Kier alpha value is -2.88. The Morgan fingerprint density at radius 1 is 1.32 bits per heavy atom. The SMILES string of the molecule is O=C(CSc1n[nH]c(-c2ccco2)n1)Nc1ccc(OC(F)F)cc1. The minimum absolute atomic E-state index is 0.0218. The third-order valence-electron chi connectivity index (χ3n) is 2.92. The predicted octanol–water partition coefficient (Wildman–Crippen LogP) is 3.40. The highest BCUT2D eigenvalue weighted by Gasteiger charge is 2.11. The normalized spacial score (nSPS) is 10.8. The number of aromatic nitrogens is 3. The average molecular weight is 366 g/mol. The summed E-state index contributed by atoms with van der Waals surface area (Å²) in [5, 5.41) is 9.76. The minimum Gasteiger partial charge on any atom is -0.461 e. The number of H-pyrrole nitrogens is 1. The number of nitrogens with one attached hydrogen (secondary N) is 2. The van der Waals surface area contributed by atoms with Crippen LogP contribution in [0.3, 0.4) is 0 Å². The lowest BCUT2D eigenvalue weighted by Crippen LogP contribution is -2.14. The third-order valence-corrected chi connectivity index (χ3v) is 3.76. The standard InChI is InChI=1S/C15H12F2N4O3S/c16-14(17)24-10-5-3-9(4-6-10)18-12(22)8-25-15-19-13(20-21-15)11-2-1-7-23-11/h1-7,14H,8H2,(H,18,22)(H,19,20,21). The number of furan rings is 1. The van der Waals surface area contributed by atoms with Gasteiger partial charge in [-0.3, -0.25) is 9.89 Å². The van der Waals surface area contributed by atoms with Crippen molar-refractivity contribution in [2.24, 2.45) is 0 Å². The van der Waals surface area contributed by atoms with Crippen molar-refractivity contribution < 1.29 is 22.7 Å². The van der Waals surface area contributed by atoms with Gasteiger partial charge in [-0.05, 0) is 36.4 Å². The van der Waals surface area contributed by atoms with Crippen LogP contribution in [0.15, 0.2) is 52.2 Å². The Bertz CT molecular complexity index is 822. The predicted molar refractivity (Wildman–Crippen MR) is 86.5 cm³/mol. The number of alkyl halides is 2. The van der Waals surface area contributed by atoms with E-state index in [-0.39, 0.29) is 17.4 Å². The highest BCUT2D eigenvalue weighted by Crippen LogP contribution is 2.20. The number of amides is 1. The van der Waals surface area contributed by atoms with Crippen LogP contribution in [0.2, 0.25) is 0 Å². The molecule has 2 aromatic heterocycles. The first-order chi connectivity index (χ1) is 12.1. The number of halogens is 2. The first-order valence-corrected chi connectivity index (χ1v) is 8.02. The topological polar surface area (TPSA) is 93.0 Å². The van der Waals surface area contributed by atoms with Crippen molar-refractivity contribution in [3.8, 4) is 17.3 Å². The van der Waals surface area contributed by atoms with Crippen LogP contribution in [0, 0.1) is 0 Å². The smallest absolute Gasteiger partial charge is 0.387 e. The van der Waals surface area contributed by atoms with Gasteiger partial charge in [0, 0.05) is 5.69 Å². The molecule has 0 radical (unpaired) electrons. The number of ether oxygens (including phenoxy) is 1. The fourth-order valence-corrected chi connectivity index (χ4v) is 2.48.